The van der Waals surface area contributed by atoms with Crippen LogP contribution in [0.5, 0.6) is 0 Å². The zero-order valence-electron chi connectivity index (χ0n) is 33.4. The van der Waals surface area contributed by atoms with Crippen LogP contribution < -0.4 is 21.3 Å². The molecule has 12 nitrogen and oxygen atoms in total. The average molecular weight is 770 g/mol. The van der Waals surface area contributed by atoms with Crippen molar-refractivity contribution in [3.63, 3.8) is 0 Å². The molecule has 4 N–H and O–H groups in total. The number of nitrogens with zero attached hydrogens (tertiary/aromatic N) is 1. The van der Waals surface area contributed by atoms with E-state index in [1.165, 1.54) is 6.08 Å². The lowest BCUT2D eigenvalue weighted by molar-refractivity contribution is -0.150. The molecule has 0 spiro atoms. The molecule has 1 heterocycles. The number of amides is 5. The number of carbonyl (C=O) groups is 5. The molecule has 0 aromatic heterocycles. The highest BCUT2D eigenvalue weighted by Crippen LogP contribution is 2.40. The maximum atomic E-state index is 15.0. The Morgan fingerprint density at radius 3 is 2.17 bits per heavy atom. The lowest BCUT2D eigenvalue weighted by atomic mass is 9.71. The number of urea groups is 1. The van der Waals surface area contributed by atoms with Crippen LogP contribution >= 0.6 is 0 Å². The maximum absolute atomic E-state index is 15.0. The molecule has 1 aromatic carbocycles. The summed E-state index contributed by atoms with van der Waals surface area (Å²) in [5.41, 5.74) is 0.840. The summed E-state index contributed by atoms with van der Waals surface area (Å²) in [5.74, 6) is -3.05. The van der Waals surface area contributed by atoms with Gasteiger partial charge >= 0.3 is 6.03 Å². The van der Waals surface area contributed by atoms with Crippen molar-refractivity contribution in [3.05, 3.63) is 48.0 Å². The zero-order chi connectivity index (χ0) is 40.1. The van der Waals surface area contributed by atoms with Crippen LogP contribution in [0.1, 0.15) is 111 Å². The molecule has 13 heteroatoms. The van der Waals surface area contributed by atoms with Gasteiger partial charge in [0.15, 0.2) is 9.84 Å². The van der Waals surface area contributed by atoms with Crippen LogP contribution in [-0.2, 0) is 41.9 Å². The highest BCUT2D eigenvalue weighted by molar-refractivity contribution is 7.92. The van der Waals surface area contributed by atoms with Gasteiger partial charge in [-0.3, -0.25) is 19.2 Å². The number of piperidine rings is 1. The molecule has 54 heavy (non-hydrogen) atoms. The van der Waals surface area contributed by atoms with E-state index in [0.29, 0.717) is 38.5 Å². The van der Waals surface area contributed by atoms with E-state index < -0.39 is 67.8 Å². The SMILES string of the molecule is C=CCNC(=O)C(=O)C(CCC)NC(=O)[C@@H]1CC(C)(C)C(C)CN1C(=O)[C@@H](NC(=O)NC1(CS(=O)(=O)C(C)(C)C)CCCCC1)C1Cc2ccccc2C1. The first-order valence-electron chi connectivity index (χ1n) is 19.7. The number of benzene rings is 1. The second kappa shape index (κ2) is 17.4. The van der Waals surface area contributed by atoms with Crippen molar-refractivity contribution in [3.8, 4) is 0 Å². The minimum Gasteiger partial charge on any atom is -0.346 e. The maximum Gasteiger partial charge on any atom is 0.315 e. The van der Waals surface area contributed by atoms with Gasteiger partial charge in [-0.2, -0.15) is 0 Å². The summed E-state index contributed by atoms with van der Waals surface area (Å²) in [5, 5.41) is 11.4. The van der Waals surface area contributed by atoms with E-state index in [1.807, 2.05) is 52.0 Å². The Morgan fingerprint density at radius 1 is 1.00 bits per heavy atom. The van der Waals surface area contributed by atoms with Gasteiger partial charge in [0.2, 0.25) is 17.6 Å². The number of hydrogen-bond acceptors (Lipinski definition) is 7. The number of ketones is 1. The molecule has 2 unspecified atom stereocenters. The first-order valence-corrected chi connectivity index (χ1v) is 21.3. The number of fused-ring (bicyclic) bond motifs is 1. The Morgan fingerprint density at radius 2 is 1.61 bits per heavy atom. The largest absolute Gasteiger partial charge is 0.346 e. The summed E-state index contributed by atoms with van der Waals surface area (Å²) in [6.07, 6.45) is 7.12. The molecule has 0 radical (unpaired) electrons. The zero-order valence-corrected chi connectivity index (χ0v) is 34.2. The number of hydrogen-bond donors (Lipinski definition) is 4. The van der Waals surface area contributed by atoms with Crippen molar-refractivity contribution in [2.45, 2.75) is 141 Å². The fourth-order valence-corrected chi connectivity index (χ4v) is 9.63. The van der Waals surface area contributed by atoms with Crippen LogP contribution in [0.3, 0.4) is 0 Å². The topological polar surface area (TPSA) is 171 Å². The third-order valence-corrected chi connectivity index (χ3v) is 14.8. The van der Waals surface area contributed by atoms with Crippen LogP contribution in [0, 0.1) is 17.3 Å². The Kier molecular flexibility index (Phi) is 13.8. The van der Waals surface area contributed by atoms with Gasteiger partial charge in [-0.1, -0.05) is 83.7 Å². The van der Waals surface area contributed by atoms with E-state index in [1.54, 1.807) is 25.7 Å². The Hall–Kier alpha value is -3.74. The summed E-state index contributed by atoms with van der Waals surface area (Å²) in [6, 6.07) is 4.24. The second-order valence-corrected chi connectivity index (χ2v) is 20.3. The van der Waals surface area contributed by atoms with E-state index in [-0.39, 0.29) is 42.5 Å². The van der Waals surface area contributed by atoms with Crippen molar-refractivity contribution in [2.75, 3.05) is 18.8 Å². The van der Waals surface area contributed by atoms with Crippen LogP contribution in [0.15, 0.2) is 36.9 Å². The molecule has 5 amide bonds. The number of rotatable bonds is 14. The molecular formula is C41H63N5O7S. The second-order valence-electron chi connectivity index (χ2n) is 17.5. The summed E-state index contributed by atoms with van der Waals surface area (Å²) < 4.78 is 26.0. The molecular weight excluding hydrogens is 707 g/mol. The molecule has 1 saturated carbocycles. The Labute approximate surface area is 322 Å². The first-order chi connectivity index (χ1) is 25.2. The standard InChI is InChI=1S/C41H63N5O7S/c1-9-16-31(34(47)36(49)42-21-10-2)43-35(48)32-24-40(7,8)27(3)25-46(32)37(50)33(30-22-28-17-12-13-18-29(28)23-30)44-38(51)45-41(19-14-11-15-20-41)26-54(52,53)39(4,5)6/h10,12-13,17-18,27,30-33H,2,9,11,14-16,19-26H2,1,3-8H3,(H,42,49)(H,43,48)(H2,44,45,51)/t27?,31?,32-,33-/m0/s1. The molecule has 4 atom stereocenters. The van der Waals surface area contributed by atoms with Gasteiger partial charge in [0, 0.05) is 13.1 Å². The molecule has 4 rings (SSSR count). The van der Waals surface area contributed by atoms with Crippen LogP contribution in [-0.4, -0.2) is 90.1 Å². The normalized spacial score (nSPS) is 22.2. The number of Topliss-reactive ketones (excluding diaryl/α,β-unsaturated/α-hetero) is 1. The van der Waals surface area contributed by atoms with E-state index in [9.17, 15) is 27.6 Å². The lowest BCUT2D eigenvalue weighted by Gasteiger charge is -2.48. The molecule has 2 fully saturated rings. The first kappa shape index (κ1) is 43.0. The van der Waals surface area contributed by atoms with Crippen LogP contribution in [0.25, 0.3) is 0 Å². The van der Waals surface area contributed by atoms with E-state index in [4.69, 9.17) is 0 Å². The van der Waals surface area contributed by atoms with Crippen molar-refractivity contribution in [1.29, 1.82) is 0 Å². The van der Waals surface area contributed by atoms with Crippen molar-refractivity contribution in [1.82, 2.24) is 26.2 Å². The summed E-state index contributed by atoms with van der Waals surface area (Å²) in [6.45, 7) is 16.9. The van der Waals surface area contributed by atoms with Gasteiger partial charge in [0.25, 0.3) is 5.91 Å². The minimum atomic E-state index is -3.60. The molecule has 1 aromatic rings. The van der Waals surface area contributed by atoms with Crippen molar-refractivity contribution in [2.24, 2.45) is 17.3 Å². The highest BCUT2D eigenvalue weighted by atomic mass is 32.2. The molecule has 1 saturated heterocycles. The molecule has 1 aliphatic heterocycles. The van der Waals surface area contributed by atoms with Gasteiger partial charge < -0.3 is 26.2 Å². The molecule has 2 aliphatic carbocycles. The third kappa shape index (κ3) is 10.1. The average Bonchev–Trinajstić information content (AvgIpc) is 3.53. The summed E-state index contributed by atoms with van der Waals surface area (Å²) in [7, 11) is -3.60. The van der Waals surface area contributed by atoms with Crippen LogP contribution in [0.4, 0.5) is 4.79 Å². The molecule has 3 aliphatic rings. The quantitative estimate of drug-likeness (QED) is 0.161. The number of sulfone groups is 1. The monoisotopic (exact) mass is 769 g/mol. The molecule has 0 bridgehead atoms. The van der Waals surface area contributed by atoms with Gasteiger partial charge in [0.05, 0.1) is 22.1 Å². The van der Waals surface area contributed by atoms with E-state index >= 15 is 4.79 Å². The fraction of sp³-hybridized carbons (Fsp3) is 0.683. The van der Waals surface area contributed by atoms with E-state index in [2.05, 4.69) is 27.8 Å². The van der Waals surface area contributed by atoms with E-state index in [0.717, 1.165) is 30.4 Å². The smallest absolute Gasteiger partial charge is 0.315 e. The lowest BCUT2D eigenvalue weighted by Crippen LogP contribution is -2.65. The predicted molar refractivity (Wildman–Crippen MR) is 210 cm³/mol. The van der Waals surface area contributed by atoms with Gasteiger partial charge in [0.1, 0.15) is 12.1 Å². The van der Waals surface area contributed by atoms with Crippen molar-refractivity contribution >= 4 is 39.4 Å². The summed E-state index contributed by atoms with van der Waals surface area (Å²) in [4.78, 5) is 70.7. The van der Waals surface area contributed by atoms with Gasteiger partial charge in [-0.25, -0.2) is 13.2 Å². The van der Waals surface area contributed by atoms with Gasteiger partial charge in [-0.15, -0.1) is 6.58 Å². The number of carbonyl (C=O) groups excluding carboxylic acids is 5. The van der Waals surface area contributed by atoms with Crippen LogP contribution in [0.2, 0.25) is 0 Å². The molecule has 300 valence electrons. The Bertz CT molecular complexity index is 1650. The van der Waals surface area contributed by atoms with Crippen molar-refractivity contribution < 1.29 is 32.4 Å². The fourth-order valence-electron chi connectivity index (χ4n) is 8.11. The number of nitrogens with one attached hydrogen (secondary N) is 4. The third-order valence-electron chi connectivity index (χ3n) is 12.0. The number of likely N-dealkylation sites (tertiary alicyclic amines) is 1. The Balaban J connectivity index is 1.66. The highest BCUT2D eigenvalue weighted by Gasteiger charge is 2.48. The van der Waals surface area contributed by atoms with Gasteiger partial charge in [-0.05, 0) is 87.7 Å². The summed E-state index contributed by atoms with van der Waals surface area (Å²) >= 11 is 0. The predicted octanol–water partition coefficient (Wildman–Crippen LogP) is 4.40. The minimum absolute atomic E-state index is 0.00776.